The first-order valence-corrected chi connectivity index (χ1v) is 18.3. The van der Waals surface area contributed by atoms with Crippen LogP contribution in [0.25, 0.3) is 11.1 Å². The largest absolute Gasteiger partial charge is 0.494 e. The predicted octanol–water partition coefficient (Wildman–Crippen LogP) is 10.6. The van der Waals surface area contributed by atoms with Crippen LogP contribution in [0.4, 0.5) is 17.6 Å². The number of halogens is 4. The summed E-state index contributed by atoms with van der Waals surface area (Å²) < 4.78 is 76.6. The highest BCUT2D eigenvalue weighted by Crippen LogP contribution is 2.32. The maximum absolute atomic E-state index is 14.9. The number of ether oxygens (including phenoxy) is 4. The lowest BCUT2D eigenvalue weighted by Crippen LogP contribution is -2.34. The third-order valence-corrected chi connectivity index (χ3v) is 9.17. The number of hydrogen-bond donors (Lipinski definition) is 0. The standard InChI is InChI=1S/C41H50F4O6/c1-3-5-6-7-8-9-10-11-25-49-35-22-18-30-26-33(15-14-31(30)27-35)39(46)50-34-20-16-29(17-21-34)32-19-23-36(37(42)28-32)40(47)51-38(41(43,44)45)13-12-24-48-4-2/h16-23,27-28,33,38H,3-15,24-26H2,1-2H3. The molecule has 2 unspecified atom stereocenters. The van der Waals surface area contributed by atoms with Crippen molar-refractivity contribution in [2.24, 2.45) is 5.92 Å². The first-order chi connectivity index (χ1) is 24.6. The molecule has 3 aromatic carbocycles. The first-order valence-electron chi connectivity index (χ1n) is 18.3. The van der Waals surface area contributed by atoms with Crippen molar-refractivity contribution in [1.82, 2.24) is 0 Å². The fourth-order valence-corrected chi connectivity index (χ4v) is 6.22. The van der Waals surface area contributed by atoms with Gasteiger partial charge in [0.2, 0.25) is 0 Å². The van der Waals surface area contributed by atoms with E-state index in [1.807, 2.05) is 12.1 Å². The van der Waals surface area contributed by atoms with Crippen LogP contribution in [0.5, 0.6) is 11.5 Å². The van der Waals surface area contributed by atoms with Crippen LogP contribution < -0.4 is 9.47 Å². The average Bonchev–Trinajstić information content (AvgIpc) is 3.11. The molecule has 1 aliphatic carbocycles. The Kier molecular flexibility index (Phi) is 15.8. The average molecular weight is 715 g/mol. The Balaban J connectivity index is 1.25. The van der Waals surface area contributed by atoms with Crippen molar-refractivity contribution >= 4 is 11.9 Å². The van der Waals surface area contributed by atoms with Crippen molar-refractivity contribution in [2.75, 3.05) is 19.8 Å². The number of benzene rings is 3. The molecule has 1 aliphatic rings. The molecule has 0 aromatic heterocycles. The van der Waals surface area contributed by atoms with Crippen LogP contribution in [0.1, 0.15) is 106 Å². The van der Waals surface area contributed by atoms with Crippen LogP contribution >= 0.6 is 0 Å². The summed E-state index contributed by atoms with van der Waals surface area (Å²) in [7, 11) is 0. The van der Waals surface area contributed by atoms with Crippen molar-refractivity contribution in [3.8, 4) is 22.6 Å². The number of fused-ring (bicyclic) bond motifs is 1. The van der Waals surface area contributed by atoms with Gasteiger partial charge in [0.25, 0.3) is 0 Å². The highest BCUT2D eigenvalue weighted by molar-refractivity contribution is 5.90. The van der Waals surface area contributed by atoms with Crippen molar-refractivity contribution in [3.63, 3.8) is 0 Å². The maximum atomic E-state index is 14.9. The van der Waals surface area contributed by atoms with E-state index in [1.165, 1.54) is 56.6 Å². The van der Waals surface area contributed by atoms with Gasteiger partial charge in [0.1, 0.15) is 17.3 Å². The second-order valence-electron chi connectivity index (χ2n) is 13.1. The third-order valence-electron chi connectivity index (χ3n) is 9.17. The van der Waals surface area contributed by atoms with E-state index in [0.717, 1.165) is 36.3 Å². The zero-order chi connectivity index (χ0) is 36.6. The minimum absolute atomic E-state index is 0.0305. The zero-order valence-corrected chi connectivity index (χ0v) is 29.7. The minimum Gasteiger partial charge on any atom is -0.494 e. The molecule has 3 aromatic rings. The molecule has 2 atom stereocenters. The van der Waals surface area contributed by atoms with Crippen LogP contribution in [0.3, 0.4) is 0 Å². The van der Waals surface area contributed by atoms with E-state index in [-0.39, 0.29) is 24.9 Å². The smallest absolute Gasteiger partial charge is 0.425 e. The van der Waals surface area contributed by atoms with Gasteiger partial charge in [0.15, 0.2) is 6.10 Å². The van der Waals surface area contributed by atoms with Crippen LogP contribution in [0, 0.1) is 11.7 Å². The second kappa shape index (κ2) is 20.2. The van der Waals surface area contributed by atoms with E-state index >= 15 is 0 Å². The van der Waals surface area contributed by atoms with Gasteiger partial charge in [-0.25, -0.2) is 9.18 Å². The number of esters is 2. The summed E-state index contributed by atoms with van der Waals surface area (Å²) in [6.07, 6.45) is 4.39. The summed E-state index contributed by atoms with van der Waals surface area (Å²) in [5, 5.41) is 0. The van der Waals surface area contributed by atoms with E-state index in [9.17, 15) is 27.2 Å². The molecule has 0 saturated carbocycles. The second-order valence-corrected chi connectivity index (χ2v) is 13.1. The number of alkyl halides is 3. The number of aryl methyl sites for hydroxylation is 1. The topological polar surface area (TPSA) is 71.1 Å². The molecule has 51 heavy (non-hydrogen) atoms. The van der Waals surface area contributed by atoms with Gasteiger partial charge in [0, 0.05) is 13.2 Å². The van der Waals surface area contributed by atoms with Gasteiger partial charge in [-0.15, -0.1) is 0 Å². The molecule has 0 spiro atoms. The fourth-order valence-electron chi connectivity index (χ4n) is 6.22. The molecular weight excluding hydrogens is 664 g/mol. The number of rotatable bonds is 20. The Morgan fingerprint density at radius 2 is 1.47 bits per heavy atom. The summed E-state index contributed by atoms with van der Waals surface area (Å²) in [6, 6.07) is 16.1. The molecule has 0 amide bonds. The third kappa shape index (κ3) is 12.7. The van der Waals surface area contributed by atoms with E-state index in [4.69, 9.17) is 14.2 Å². The monoisotopic (exact) mass is 714 g/mol. The molecule has 0 heterocycles. The van der Waals surface area contributed by atoms with Crippen LogP contribution in [-0.2, 0) is 27.1 Å². The summed E-state index contributed by atoms with van der Waals surface area (Å²) >= 11 is 0. The Morgan fingerprint density at radius 1 is 0.784 bits per heavy atom. The summed E-state index contributed by atoms with van der Waals surface area (Å²) in [6.45, 7) is 5.10. The van der Waals surface area contributed by atoms with E-state index < -0.39 is 36.1 Å². The number of carbonyl (C=O) groups is 2. The van der Waals surface area contributed by atoms with Crippen LogP contribution in [-0.4, -0.2) is 44.0 Å². The Hall–Kier alpha value is -3.92. The first kappa shape index (κ1) is 39.9. The van der Waals surface area contributed by atoms with Crippen molar-refractivity contribution in [3.05, 3.63) is 83.2 Å². The molecule has 10 heteroatoms. The highest BCUT2D eigenvalue weighted by atomic mass is 19.4. The molecule has 0 fully saturated rings. The minimum atomic E-state index is -4.80. The fraction of sp³-hybridized carbons (Fsp3) is 0.512. The van der Waals surface area contributed by atoms with E-state index in [0.29, 0.717) is 42.9 Å². The number of hydrogen-bond acceptors (Lipinski definition) is 6. The van der Waals surface area contributed by atoms with Gasteiger partial charge in [-0.05, 0) is 104 Å². The summed E-state index contributed by atoms with van der Waals surface area (Å²) in [4.78, 5) is 25.5. The normalized spacial score (nSPS) is 14.8. The molecule has 278 valence electrons. The Bertz CT molecular complexity index is 1540. The highest BCUT2D eigenvalue weighted by Gasteiger charge is 2.42. The van der Waals surface area contributed by atoms with Crippen molar-refractivity contribution in [1.29, 1.82) is 0 Å². The molecular formula is C41H50F4O6. The molecule has 6 nitrogen and oxygen atoms in total. The SMILES string of the molecule is CCCCCCCCCCOc1ccc2c(c1)CCC(C(=O)Oc1ccc(-c3ccc(C(=O)OC(CCCOCC)C(F)(F)F)c(F)c3)cc1)C2. The number of unbranched alkanes of at least 4 members (excludes halogenated alkanes) is 7. The molecule has 4 rings (SSSR count). The quantitative estimate of drug-likeness (QED) is 0.0502. The lowest BCUT2D eigenvalue weighted by molar-refractivity contribution is -0.206. The molecule has 0 saturated heterocycles. The molecule has 0 aliphatic heterocycles. The van der Waals surface area contributed by atoms with Crippen LogP contribution in [0.2, 0.25) is 0 Å². The summed E-state index contributed by atoms with van der Waals surface area (Å²) in [5.41, 5.74) is 2.66. The number of carbonyl (C=O) groups excluding carboxylic acids is 2. The van der Waals surface area contributed by atoms with Gasteiger partial charge in [-0.2, -0.15) is 13.2 Å². The van der Waals surface area contributed by atoms with E-state index in [1.54, 1.807) is 31.2 Å². The van der Waals surface area contributed by atoms with Crippen molar-refractivity contribution < 1.29 is 46.1 Å². The van der Waals surface area contributed by atoms with Gasteiger partial charge >= 0.3 is 18.1 Å². The van der Waals surface area contributed by atoms with Crippen molar-refractivity contribution in [2.45, 2.75) is 110 Å². The molecule has 0 N–H and O–H groups in total. The van der Waals surface area contributed by atoms with Gasteiger partial charge in [0.05, 0.1) is 18.1 Å². The Morgan fingerprint density at radius 3 is 2.16 bits per heavy atom. The zero-order valence-electron chi connectivity index (χ0n) is 29.7. The Labute approximate surface area is 298 Å². The molecule has 0 radical (unpaired) electrons. The maximum Gasteiger partial charge on any atom is 0.425 e. The van der Waals surface area contributed by atoms with E-state index in [2.05, 4.69) is 17.7 Å². The van der Waals surface area contributed by atoms with Gasteiger partial charge < -0.3 is 18.9 Å². The predicted molar refractivity (Wildman–Crippen MR) is 189 cm³/mol. The molecule has 0 bridgehead atoms. The lowest BCUT2D eigenvalue weighted by Gasteiger charge is -2.23. The lowest BCUT2D eigenvalue weighted by atomic mass is 9.84. The van der Waals surface area contributed by atoms with Gasteiger partial charge in [-0.3, -0.25) is 4.79 Å². The van der Waals surface area contributed by atoms with Gasteiger partial charge in [-0.1, -0.05) is 76.1 Å². The van der Waals surface area contributed by atoms with Crippen LogP contribution in [0.15, 0.2) is 60.7 Å². The summed E-state index contributed by atoms with van der Waals surface area (Å²) in [5.74, 6) is -1.82.